The molecule has 3 unspecified atom stereocenters. The van der Waals surface area contributed by atoms with Gasteiger partial charge in [0.25, 0.3) is 0 Å². The summed E-state index contributed by atoms with van der Waals surface area (Å²) in [6, 6.07) is -2.71. The van der Waals surface area contributed by atoms with Crippen LogP contribution in [0, 0.1) is 5.92 Å². The highest BCUT2D eigenvalue weighted by Crippen LogP contribution is 2.06. The predicted molar refractivity (Wildman–Crippen MR) is 99.6 cm³/mol. The van der Waals surface area contributed by atoms with Gasteiger partial charge in [0.05, 0.1) is 12.4 Å². The van der Waals surface area contributed by atoms with Gasteiger partial charge in [0, 0.05) is 18.3 Å². The van der Waals surface area contributed by atoms with Crippen molar-refractivity contribution < 1.29 is 19.5 Å². The number of thioether (sulfide) groups is 1. The van der Waals surface area contributed by atoms with Crippen LogP contribution in [0.4, 0.5) is 0 Å². The largest absolute Gasteiger partial charge is 0.480 e. The van der Waals surface area contributed by atoms with Crippen LogP contribution >= 0.6 is 11.8 Å². The third-order valence-electron chi connectivity index (χ3n) is 3.86. The molecule has 0 saturated carbocycles. The normalized spacial score (nSPS) is 14.5. The molecule has 0 aliphatic heterocycles. The molecular formula is C16H27N5O4S. The Morgan fingerprint density at radius 1 is 1.27 bits per heavy atom. The minimum Gasteiger partial charge on any atom is -0.480 e. The Kier molecular flexibility index (Phi) is 9.14. The molecule has 0 fully saturated rings. The van der Waals surface area contributed by atoms with E-state index in [2.05, 4.69) is 20.6 Å². The Balaban J connectivity index is 2.78. The first-order chi connectivity index (χ1) is 12.3. The van der Waals surface area contributed by atoms with Crippen molar-refractivity contribution >= 4 is 29.5 Å². The zero-order chi connectivity index (χ0) is 19.7. The first kappa shape index (κ1) is 22.0. The first-order valence-electron chi connectivity index (χ1n) is 8.31. The number of hydrogen-bond acceptors (Lipinski definition) is 6. The second-order valence-corrected chi connectivity index (χ2v) is 7.28. The summed E-state index contributed by atoms with van der Waals surface area (Å²) in [6.45, 7) is 3.62. The average Bonchev–Trinajstić information content (AvgIpc) is 3.09. The van der Waals surface area contributed by atoms with E-state index in [1.165, 1.54) is 24.3 Å². The number of carbonyl (C=O) groups excluding carboxylic acids is 2. The number of carboxylic acids is 1. The van der Waals surface area contributed by atoms with Gasteiger partial charge in [0.2, 0.25) is 11.8 Å². The van der Waals surface area contributed by atoms with Gasteiger partial charge in [-0.2, -0.15) is 11.8 Å². The van der Waals surface area contributed by atoms with Crippen molar-refractivity contribution in [3.63, 3.8) is 0 Å². The zero-order valence-electron chi connectivity index (χ0n) is 15.2. The predicted octanol–water partition coefficient (Wildman–Crippen LogP) is -0.257. The molecule has 0 aliphatic rings. The monoisotopic (exact) mass is 385 g/mol. The molecule has 0 radical (unpaired) electrons. The van der Waals surface area contributed by atoms with Crippen molar-refractivity contribution in [3.05, 3.63) is 18.2 Å². The summed E-state index contributed by atoms with van der Waals surface area (Å²) in [7, 11) is 0. The molecule has 6 N–H and O–H groups in total. The van der Waals surface area contributed by atoms with Gasteiger partial charge < -0.3 is 26.5 Å². The van der Waals surface area contributed by atoms with Crippen LogP contribution in [-0.4, -0.2) is 63.0 Å². The SMILES string of the molecule is CSCCC(NC(=O)C(N)C(C)C)C(=O)NC(Cc1cnc[nH]1)C(=O)O. The van der Waals surface area contributed by atoms with Crippen molar-refractivity contribution in [3.8, 4) is 0 Å². The number of aromatic amines is 1. The van der Waals surface area contributed by atoms with Crippen molar-refractivity contribution in [2.75, 3.05) is 12.0 Å². The van der Waals surface area contributed by atoms with E-state index in [4.69, 9.17) is 5.73 Å². The molecule has 146 valence electrons. The van der Waals surface area contributed by atoms with Gasteiger partial charge in [0.1, 0.15) is 12.1 Å². The van der Waals surface area contributed by atoms with Gasteiger partial charge in [-0.3, -0.25) is 9.59 Å². The maximum atomic E-state index is 12.6. The van der Waals surface area contributed by atoms with Gasteiger partial charge in [0.15, 0.2) is 0 Å². The Hall–Kier alpha value is -2.07. The third-order valence-corrected chi connectivity index (χ3v) is 4.50. The molecular weight excluding hydrogens is 358 g/mol. The van der Waals surface area contributed by atoms with Crippen LogP contribution in [-0.2, 0) is 20.8 Å². The van der Waals surface area contributed by atoms with Crippen molar-refractivity contribution in [2.45, 2.75) is 44.8 Å². The van der Waals surface area contributed by atoms with Crippen molar-refractivity contribution in [2.24, 2.45) is 11.7 Å². The van der Waals surface area contributed by atoms with Gasteiger partial charge in [-0.1, -0.05) is 13.8 Å². The number of carbonyl (C=O) groups is 3. The Morgan fingerprint density at radius 2 is 1.92 bits per heavy atom. The number of hydrogen-bond donors (Lipinski definition) is 5. The summed E-state index contributed by atoms with van der Waals surface area (Å²) in [5.74, 6) is -1.58. The topological polar surface area (TPSA) is 150 Å². The third kappa shape index (κ3) is 7.04. The van der Waals surface area contributed by atoms with Gasteiger partial charge >= 0.3 is 5.97 Å². The summed E-state index contributed by atoms with van der Waals surface area (Å²) < 4.78 is 0. The van der Waals surface area contributed by atoms with Crippen LogP contribution in [0.15, 0.2) is 12.5 Å². The number of imidazole rings is 1. The van der Waals surface area contributed by atoms with Crippen molar-refractivity contribution in [1.82, 2.24) is 20.6 Å². The van der Waals surface area contributed by atoms with E-state index in [1.807, 2.05) is 20.1 Å². The summed E-state index contributed by atoms with van der Waals surface area (Å²) >= 11 is 1.53. The lowest BCUT2D eigenvalue weighted by Gasteiger charge is -2.23. The van der Waals surface area contributed by atoms with Crippen LogP contribution in [0.3, 0.4) is 0 Å². The fraction of sp³-hybridized carbons (Fsp3) is 0.625. The number of nitrogens with two attached hydrogens (primary N) is 1. The fourth-order valence-corrected chi connectivity index (χ4v) is 2.64. The summed E-state index contributed by atoms with van der Waals surface area (Å²) in [5, 5.41) is 14.5. The molecule has 26 heavy (non-hydrogen) atoms. The highest BCUT2D eigenvalue weighted by Gasteiger charge is 2.28. The lowest BCUT2D eigenvalue weighted by atomic mass is 10.0. The molecule has 2 amide bonds. The van der Waals surface area contributed by atoms with Crippen LogP contribution in [0.2, 0.25) is 0 Å². The van der Waals surface area contributed by atoms with E-state index in [1.54, 1.807) is 0 Å². The molecule has 0 aromatic carbocycles. The molecule has 10 heteroatoms. The standard InChI is InChI=1S/C16H27N5O4S/c1-9(2)13(17)15(23)20-11(4-5-26-3)14(22)21-12(16(24)25)6-10-7-18-8-19-10/h7-9,11-13H,4-6,17H2,1-3H3,(H,18,19)(H,20,23)(H,21,22)(H,24,25). The Bertz CT molecular complexity index is 593. The molecule has 9 nitrogen and oxygen atoms in total. The van der Waals surface area contributed by atoms with Crippen LogP contribution in [0.5, 0.6) is 0 Å². The van der Waals surface area contributed by atoms with E-state index in [0.717, 1.165) is 0 Å². The highest BCUT2D eigenvalue weighted by atomic mass is 32.2. The number of rotatable bonds is 11. The molecule has 1 aromatic heterocycles. The molecule has 3 atom stereocenters. The second-order valence-electron chi connectivity index (χ2n) is 6.29. The van der Waals surface area contributed by atoms with Crippen LogP contribution < -0.4 is 16.4 Å². The molecule has 0 saturated heterocycles. The molecule has 0 spiro atoms. The minimum absolute atomic E-state index is 0.0653. The number of H-pyrrole nitrogens is 1. The van der Waals surface area contributed by atoms with Crippen LogP contribution in [0.25, 0.3) is 0 Å². The average molecular weight is 385 g/mol. The van der Waals surface area contributed by atoms with Gasteiger partial charge in [-0.15, -0.1) is 0 Å². The number of aliphatic carboxylic acids is 1. The highest BCUT2D eigenvalue weighted by molar-refractivity contribution is 7.98. The minimum atomic E-state index is -1.17. The quantitative estimate of drug-likeness (QED) is 0.352. The maximum Gasteiger partial charge on any atom is 0.326 e. The number of carboxylic acid groups (broad SMARTS) is 1. The van der Waals surface area contributed by atoms with E-state index >= 15 is 0 Å². The summed E-state index contributed by atoms with van der Waals surface area (Å²) in [5.41, 5.74) is 6.41. The zero-order valence-corrected chi connectivity index (χ0v) is 16.0. The number of aromatic nitrogens is 2. The summed E-state index contributed by atoms with van der Waals surface area (Å²) in [6.07, 6.45) is 5.26. The molecule has 1 aromatic rings. The van der Waals surface area contributed by atoms with E-state index < -0.39 is 35.9 Å². The molecule has 1 rings (SSSR count). The molecule has 0 bridgehead atoms. The Morgan fingerprint density at radius 3 is 2.42 bits per heavy atom. The lowest BCUT2D eigenvalue weighted by Crippen LogP contribution is -2.55. The van der Waals surface area contributed by atoms with Crippen LogP contribution in [0.1, 0.15) is 26.0 Å². The van der Waals surface area contributed by atoms with Crippen molar-refractivity contribution in [1.29, 1.82) is 0 Å². The molecule has 0 aliphatic carbocycles. The van der Waals surface area contributed by atoms with Gasteiger partial charge in [-0.25, -0.2) is 9.78 Å². The number of nitrogens with zero attached hydrogens (tertiary/aromatic N) is 1. The second kappa shape index (κ2) is 10.8. The Labute approximate surface area is 156 Å². The molecule has 1 heterocycles. The number of amides is 2. The smallest absolute Gasteiger partial charge is 0.326 e. The number of nitrogens with one attached hydrogen (secondary N) is 3. The maximum absolute atomic E-state index is 12.6. The van der Waals surface area contributed by atoms with E-state index in [0.29, 0.717) is 17.9 Å². The first-order valence-corrected chi connectivity index (χ1v) is 9.71. The van der Waals surface area contributed by atoms with Gasteiger partial charge in [-0.05, 0) is 24.3 Å². The van der Waals surface area contributed by atoms with E-state index in [9.17, 15) is 19.5 Å². The summed E-state index contributed by atoms with van der Waals surface area (Å²) in [4.78, 5) is 42.8. The van der Waals surface area contributed by atoms with E-state index in [-0.39, 0.29) is 12.3 Å². The fourth-order valence-electron chi connectivity index (χ4n) is 2.16. The lowest BCUT2D eigenvalue weighted by molar-refractivity contribution is -0.142.